The Morgan fingerprint density at radius 3 is 2.44 bits per heavy atom. The number of benzene rings is 2. The van der Waals surface area contributed by atoms with E-state index in [1.807, 2.05) is 71.4 Å². The lowest BCUT2D eigenvalue weighted by molar-refractivity contribution is 0.262. The summed E-state index contributed by atoms with van der Waals surface area (Å²) in [6.45, 7) is 0. The van der Waals surface area contributed by atoms with Crippen molar-refractivity contribution in [2.45, 2.75) is 0 Å². The van der Waals surface area contributed by atoms with E-state index in [9.17, 15) is 4.79 Å². The maximum Gasteiger partial charge on any atom is 0.323 e. The van der Waals surface area contributed by atoms with E-state index in [1.54, 1.807) is 19.2 Å². The predicted octanol–water partition coefficient (Wildman–Crippen LogP) is 4.65. The number of pyridine rings is 1. The zero-order valence-corrected chi connectivity index (χ0v) is 14.7. The number of nitrogens with one attached hydrogen (secondary N) is 2. The molecule has 0 bridgehead atoms. The Hall–Kier alpha value is -3.80. The minimum atomic E-state index is -0.351. The van der Waals surface area contributed by atoms with Gasteiger partial charge in [-0.05, 0) is 30.3 Å². The highest BCUT2D eigenvalue weighted by Crippen LogP contribution is 2.28. The van der Waals surface area contributed by atoms with Crippen LogP contribution in [0.1, 0.15) is 0 Å². The molecule has 6 nitrogen and oxygen atoms in total. The lowest BCUT2D eigenvalue weighted by Gasteiger charge is -2.12. The normalized spacial score (nSPS) is 10.6. The average Bonchev–Trinajstić information content (AvgIpc) is 3.13. The van der Waals surface area contributed by atoms with E-state index < -0.39 is 0 Å². The SMILES string of the molecule is COc1ccccc1NC(=O)Nc1ccccc1-c1cn2ccccc2n1. The molecule has 27 heavy (non-hydrogen) atoms. The largest absolute Gasteiger partial charge is 0.495 e. The number of nitrogens with zero attached hydrogens (tertiary/aromatic N) is 2. The van der Waals surface area contributed by atoms with Gasteiger partial charge < -0.3 is 19.8 Å². The van der Waals surface area contributed by atoms with Crippen molar-refractivity contribution in [3.8, 4) is 17.0 Å². The smallest absolute Gasteiger partial charge is 0.323 e. The highest BCUT2D eigenvalue weighted by atomic mass is 16.5. The molecule has 0 unspecified atom stereocenters. The van der Waals surface area contributed by atoms with Gasteiger partial charge in [-0.15, -0.1) is 0 Å². The first-order valence-electron chi connectivity index (χ1n) is 8.49. The van der Waals surface area contributed by atoms with E-state index in [2.05, 4.69) is 15.6 Å². The topological polar surface area (TPSA) is 67.7 Å². The van der Waals surface area contributed by atoms with Crippen molar-refractivity contribution < 1.29 is 9.53 Å². The van der Waals surface area contributed by atoms with Crippen LogP contribution in [0.15, 0.2) is 79.1 Å². The Bertz CT molecular complexity index is 1070. The van der Waals surface area contributed by atoms with Crippen LogP contribution in [-0.2, 0) is 0 Å². The minimum absolute atomic E-state index is 0.351. The van der Waals surface area contributed by atoms with Gasteiger partial charge in [0.05, 0.1) is 24.2 Å². The number of urea groups is 1. The molecule has 0 saturated heterocycles. The molecule has 2 heterocycles. The van der Waals surface area contributed by atoms with Gasteiger partial charge in [0.2, 0.25) is 0 Å². The van der Waals surface area contributed by atoms with Crippen molar-refractivity contribution in [3.05, 3.63) is 79.1 Å². The van der Waals surface area contributed by atoms with E-state index >= 15 is 0 Å². The number of carbonyl (C=O) groups excluding carboxylic acids is 1. The van der Waals surface area contributed by atoms with E-state index in [4.69, 9.17) is 4.74 Å². The average molecular weight is 358 g/mol. The van der Waals surface area contributed by atoms with Crippen molar-refractivity contribution in [2.24, 2.45) is 0 Å². The summed E-state index contributed by atoms with van der Waals surface area (Å²) in [5.41, 5.74) is 3.75. The number of methoxy groups -OCH3 is 1. The number of para-hydroxylation sites is 3. The van der Waals surface area contributed by atoms with Gasteiger partial charge in [-0.1, -0.05) is 36.4 Å². The van der Waals surface area contributed by atoms with Crippen molar-refractivity contribution in [3.63, 3.8) is 0 Å². The molecule has 0 saturated carbocycles. The van der Waals surface area contributed by atoms with Gasteiger partial charge >= 0.3 is 6.03 Å². The first-order chi connectivity index (χ1) is 13.2. The Labute approximate surface area is 156 Å². The highest BCUT2D eigenvalue weighted by Gasteiger charge is 2.12. The van der Waals surface area contributed by atoms with Crippen LogP contribution in [0.5, 0.6) is 5.75 Å². The fourth-order valence-corrected chi connectivity index (χ4v) is 2.90. The highest BCUT2D eigenvalue weighted by molar-refractivity contribution is 6.02. The Balaban J connectivity index is 1.60. The van der Waals surface area contributed by atoms with Crippen molar-refractivity contribution in [2.75, 3.05) is 17.7 Å². The van der Waals surface area contributed by atoms with Gasteiger partial charge in [-0.2, -0.15) is 0 Å². The number of anilines is 2. The molecule has 2 N–H and O–H groups in total. The third kappa shape index (κ3) is 3.46. The van der Waals surface area contributed by atoms with Crippen LogP contribution in [0.3, 0.4) is 0 Å². The molecule has 4 aromatic rings. The summed E-state index contributed by atoms with van der Waals surface area (Å²) in [5, 5.41) is 5.71. The number of ether oxygens (including phenoxy) is 1. The lowest BCUT2D eigenvalue weighted by atomic mass is 10.1. The molecule has 0 aliphatic rings. The second-order valence-electron chi connectivity index (χ2n) is 5.92. The fourth-order valence-electron chi connectivity index (χ4n) is 2.90. The van der Waals surface area contributed by atoms with E-state index in [-0.39, 0.29) is 6.03 Å². The second kappa shape index (κ2) is 7.21. The van der Waals surface area contributed by atoms with Gasteiger partial charge in [0.25, 0.3) is 0 Å². The van der Waals surface area contributed by atoms with Gasteiger partial charge in [0.15, 0.2) is 0 Å². The molecule has 2 aromatic carbocycles. The molecule has 134 valence electrons. The molecule has 0 aliphatic heterocycles. The summed E-state index contributed by atoms with van der Waals surface area (Å²) in [4.78, 5) is 17.1. The van der Waals surface area contributed by atoms with Gasteiger partial charge in [-0.25, -0.2) is 9.78 Å². The van der Waals surface area contributed by atoms with Crippen molar-refractivity contribution in [1.29, 1.82) is 0 Å². The molecule has 2 amide bonds. The van der Waals surface area contributed by atoms with Crippen LogP contribution >= 0.6 is 0 Å². The molecule has 6 heteroatoms. The molecular formula is C21H18N4O2. The maximum atomic E-state index is 12.5. The van der Waals surface area contributed by atoms with E-state index in [0.29, 0.717) is 17.1 Å². The van der Waals surface area contributed by atoms with Crippen LogP contribution in [0.2, 0.25) is 0 Å². The first kappa shape index (κ1) is 16.7. The first-order valence-corrected chi connectivity index (χ1v) is 8.49. The molecule has 4 rings (SSSR count). The number of carbonyl (C=O) groups is 1. The van der Waals surface area contributed by atoms with Crippen LogP contribution in [0.25, 0.3) is 16.9 Å². The molecule has 2 aromatic heterocycles. The zero-order chi connectivity index (χ0) is 18.6. The third-order valence-corrected chi connectivity index (χ3v) is 4.17. The number of amides is 2. The monoisotopic (exact) mass is 358 g/mol. The zero-order valence-electron chi connectivity index (χ0n) is 14.7. The molecule has 0 spiro atoms. The number of hydrogen-bond donors (Lipinski definition) is 2. The van der Waals surface area contributed by atoms with Crippen LogP contribution in [0.4, 0.5) is 16.2 Å². The Morgan fingerprint density at radius 2 is 1.63 bits per heavy atom. The standard InChI is InChI=1S/C21H18N4O2/c1-27-19-11-5-4-10-17(19)24-21(26)23-16-9-3-2-8-15(16)18-14-25-13-7-6-12-20(25)22-18/h2-14H,1H3,(H2,23,24,26). The summed E-state index contributed by atoms with van der Waals surface area (Å²) in [5.74, 6) is 0.598. The van der Waals surface area contributed by atoms with E-state index in [1.165, 1.54) is 0 Å². The number of aromatic nitrogens is 2. The molecular weight excluding hydrogens is 340 g/mol. The number of hydrogen-bond acceptors (Lipinski definition) is 3. The van der Waals surface area contributed by atoms with Crippen LogP contribution in [0, 0.1) is 0 Å². The van der Waals surface area contributed by atoms with Crippen LogP contribution < -0.4 is 15.4 Å². The minimum Gasteiger partial charge on any atom is -0.495 e. The summed E-state index contributed by atoms with van der Waals surface area (Å²) >= 11 is 0. The van der Waals surface area contributed by atoms with Crippen molar-refractivity contribution in [1.82, 2.24) is 9.38 Å². The Morgan fingerprint density at radius 1 is 0.926 bits per heavy atom. The lowest BCUT2D eigenvalue weighted by Crippen LogP contribution is -2.20. The van der Waals surface area contributed by atoms with Crippen molar-refractivity contribution >= 4 is 23.1 Å². The van der Waals surface area contributed by atoms with Gasteiger partial charge in [0.1, 0.15) is 11.4 Å². The quantitative estimate of drug-likeness (QED) is 0.558. The summed E-state index contributed by atoms with van der Waals surface area (Å²) < 4.78 is 7.21. The summed E-state index contributed by atoms with van der Waals surface area (Å²) in [6, 6.07) is 20.3. The summed E-state index contributed by atoms with van der Waals surface area (Å²) in [7, 11) is 1.57. The Kier molecular flexibility index (Phi) is 4.45. The molecule has 0 atom stereocenters. The number of rotatable bonds is 4. The third-order valence-electron chi connectivity index (χ3n) is 4.17. The molecule has 0 aliphatic carbocycles. The second-order valence-corrected chi connectivity index (χ2v) is 5.92. The van der Waals surface area contributed by atoms with Crippen LogP contribution in [-0.4, -0.2) is 22.5 Å². The summed E-state index contributed by atoms with van der Waals surface area (Å²) in [6.07, 6.45) is 3.88. The maximum absolute atomic E-state index is 12.5. The molecule has 0 radical (unpaired) electrons. The fraction of sp³-hybridized carbons (Fsp3) is 0.0476. The number of imidazole rings is 1. The van der Waals surface area contributed by atoms with E-state index in [0.717, 1.165) is 16.9 Å². The van der Waals surface area contributed by atoms with Gasteiger partial charge in [-0.3, -0.25) is 0 Å². The van der Waals surface area contributed by atoms with Gasteiger partial charge in [0, 0.05) is 18.0 Å². The molecule has 0 fully saturated rings. The number of fused-ring (bicyclic) bond motifs is 1. The predicted molar refractivity (Wildman–Crippen MR) is 106 cm³/mol.